The van der Waals surface area contributed by atoms with Crippen LogP contribution in [0.2, 0.25) is 0 Å². The molecule has 1 atom stereocenters. The Morgan fingerprint density at radius 1 is 1.50 bits per heavy atom. The van der Waals surface area contributed by atoms with E-state index in [0.717, 1.165) is 0 Å². The zero-order chi connectivity index (χ0) is 13.6. The summed E-state index contributed by atoms with van der Waals surface area (Å²) in [5.41, 5.74) is 2.90. The van der Waals surface area contributed by atoms with Crippen LogP contribution in [0.4, 0.5) is 0 Å². The molecule has 0 bridgehead atoms. The number of rotatable bonds is 2. The first kappa shape index (κ1) is 14.7. The maximum atomic E-state index is 9.19. The van der Waals surface area contributed by atoms with Crippen molar-refractivity contribution in [2.75, 3.05) is 12.8 Å². The number of hydrogen-bond acceptors (Lipinski definition) is 3. The van der Waals surface area contributed by atoms with Crippen LogP contribution in [0.25, 0.3) is 0 Å². The fourth-order valence-corrected chi connectivity index (χ4v) is 1.95. The molecule has 1 aromatic carbocycles. The maximum Gasteiger partial charge on any atom is 0.261 e. The number of terminal acetylenes is 1. The highest BCUT2D eigenvalue weighted by Crippen LogP contribution is 2.30. The predicted molar refractivity (Wildman–Crippen MR) is 71.8 cm³/mol. The van der Waals surface area contributed by atoms with Crippen LogP contribution in [0, 0.1) is 12.3 Å². The summed E-state index contributed by atoms with van der Waals surface area (Å²) in [6.07, 6.45) is 8.29. The van der Waals surface area contributed by atoms with Crippen molar-refractivity contribution in [2.45, 2.75) is 18.9 Å². The lowest BCUT2D eigenvalue weighted by Crippen LogP contribution is -2.19. The molecular weight excluding hydrogens is 253 g/mol. The van der Waals surface area contributed by atoms with E-state index in [9.17, 15) is 8.42 Å². The van der Waals surface area contributed by atoms with Crippen LogP contribution in [0.1, 0.15) is 23.6 Å². The summed E-state index contributed by atoms with van der Waals surface area (Å²) in [6, 6.07) is 9.06. The van der Waals surface area contributed by atoms with Gasteiger partial charge in [-0.05, 0) is 24.0 Å². The van der Waals surface area contributed by atoms with Crippen molar-refractivity contribution in [3.8, 4) is 12.3 Å². The summed E-state index contributed by atoms with van der Waals surface area (Å²) in [6.45, 7) is 0.666. The summed E-state index contributed by atoms with van der Waals surface area (Å²) in [7, 11) is -3.67. The number of benzene rings is 1. The second kappa shape index (κ2) is 6.55. The molecule has 0 saturated carbocycles. The fraction of sp³-hybridized carbons (Fsp3) is 0.385. The van der Waals surface area contributed by atoms with Crippen molar-refractivity contribution in [2.24, 2.45) is 0 Å². The normalized spacial score (nSPS) is 17.3. The molecule has 0 amide bonds. The molecule has 18 heavy (non-hydrogen) atoms. The van der Waals surface area contributed by atoms with Gasteiger partial charge in [-0.3, -0.25) is 9.87 Å². The van der Waals surface area contributed by atoms with Crippen molar-refractivity contribution >= 4 is 10.1 Å². The summed E-state index contributed by atoms with van der Waals surface area (Å²) in [5.74, 6) is 2.61. The van der Waals surface area contributed by atoms with Gasteiger partial charge in [0, 0.05) is 6.04 Å². The Balaban J connectivity index is 0.000000280. The quantitative estimate of drug-likeness (QED) is 0.484. The number of fused-ring (bicyclic) bond motifs is 1. The predicted octanol–water partition coefficient (Wildman–Crippen LogP) is 1.40. The van der Waals surface area contributed by atoms with Crippen molar-refractivity contribution in [1.82, 2.24) is 5.32 Å². The summed E-state index contributed by atoms with van der Waals surface area (Å²) in [5, 5.41) is 3.35. The third-order valence-electron chi connectivity index (χ3n) is 2.58. The molecule has 0 unspecified atom stereocenters. The van der Waals surface area contributed by atoms with E-state index < -0.39 is 10.1 Å². The van der Waals surface area contributed by atoms with Crippen LogP contribution in [0.15, 0.2) is 24.3 Å². The highest BCUT2D eigenvalue weighted by Gasteiger charge is 2.20. The lowest BCUT2D eigenvalue weighted by molar-refractivity contribution is 0.490. The van der Waals surface area contributed by atoms with Crippen molar-refractivity contribution in [1.29, 1.82) is 0 Å². The molecule has 0 aliphatic heterocycles. The molecule has 0 aromatic heterocycles. The highest BCUT2D eigenvalue weighted by molar-refractivity contribution is 7.85. The second-order valence-corrected chi connectivity index (χ2v) is 5.57. The van der Waals surface area contributed by atoms with E-state index in [2.05, 4.69) is 35.5 Å². The second-order valence-electron chi connectivity index (χ2n) is 4.11. The van der Waals surface area contributed by atoms with E-state index in [4.69, 9.17) is 11.0 Å². The van der Waals surface area contributed by atoms with E-state index in [0.29, 0.717) is 18.8 Å². The Morgan fingerprint density at radius 3 is 2.72 bits per heavy atom. The highest BCUT2D eigenvalue weighted by atomic mass is 32.2. The van der Waals surface area contributed by atoms with Crippen LogP contribution < -0.4 is 5.32 Å². The molecule has 1 aliphatic carbocycles. The van der Waals surface area contributed by atoms with Gasteiger partial charge in [0.15, 0.2) is 0 Å². The topological polar surface area (TPSA) is 66.4 Å². The first-order chi connectivity index (χ1) is 8.42. The summed E-state index contributed by atoms with van der Waals surface area (Å²) >= 11 is 0. The monoisotopic (exact) mass is 270 g/mol. The fourth-order valence-electron chi connectivity index (χ4n) is 1.95. The van der Waals surface area contributed by atoms with Gasteiger partial charge in [-0.25, -0.2) is 0 Å². The van der Waals surface area contributed by atoms with Crippen molar-refractivity contribution in [3.05, 3.63) is 35.4 Å². The number of hydrogen-bond donors (Lipinski definition) is 2. The third-order valence-corrected chi connectivity index (χ3v) is 2.58. The van der Waals surface area contributed by atoms with Gasteiger partial charge in [0.25, 0.3) is 10.1 Å². The van der Waals surface area contributed by atoms with Gasteiger partial charge in [-0.1, -0.05) is 30.2 Å². The maximum absolute atomic E-state index is 9.19. The molecule has 0 fully saturated rings. The zero-order valence-corrected chi connectivity index (χ0v) is 11.1. The van der Waals surface area contributed by atoms with E-state index in [1.807, 2.05) is 0 Å². The summed E-state index contributed by atoms with van der Waals surface area (Å²) < 4.78 is 25.9. The van der Waals surface area contributed by atoms with E-state index >= 15 is 0 Å². The summed E-state index contributed by atoms with van der Waals surface area (Å²) in [4.78, 5) is 0. The molecule has 1 aromatic rings. The van der Waals surface area contributed by atoms with E-state index in [1.165, 1.54) is 24.0 Å². The lowest BCUT2D eigenvalue weighted by Gasteiger charge is -2.10. The molecule has 98 valence electrons. The molecule has 4 nitrogen and oxygen atoms in total. The molecule has 5 heteroatoms. The molecule has 2 N–H and O–H groups in total. The van der Waals surface area contributed by atoms with Crippen LogP contribution in [-0.4, -0.2) is 25.8 Å². The SMILES string of the molecule is CS(=O)(=O)O.[13CH]#[13C][13CH2]N[C@H]1CCc2ccccc21. The number of nitrogens with one attached hydrogen (secondary N) is 1. The molecular formula is C13H17NO3S. The minimum absolute atomic E-state index is 0.479. The van der Waals surface area contributed by atoms with Crippen molar-refractivity contribution < 1.29 is 13.0 Å². The van der Waals surface area contributed by atoms with Crippen molar-refractivity contribution in [3.63, 3.8) is 0 Å². The van der Waals surface area contributed by atoms with Crippen LogP contribution in [0.5, 0.6) is 0 Å². The van der Waals surface area contributed by atoms with E-state index in [1.54, 1.807) is 0 Å². The smallest absolute Gasteiger partial charge is 0.261 e. The molecule has 0 radical (unpaired) electrons. The Bertz CT molecular complexity index is 523. The van der Waals surface area contributed by atoms with Crippen LogP contribution in [-0.2, 0) is 16.5 Å². The van der Waals surface area contributed by atoms with Gasteiger partial charge in [0.05, 0.1) is 12.8 Å². The average molecular weight is 270 g/mol. The van der Waals surface area contributed by atoms with Crippen LogP contribution in [0.3, 0.4) is 0 Å². The van der Waals surface area contributed by atoms with Gasteiger partial charge in [-0.15, -0.1) is 6.42 Å². The molecule has 2 rings (SSSR count). The van der Waals surface area contributed by atoms with E-state index in [-0.39, 0.29) is 0 Å². The first-order valence-corrected chi connectivity index (χ1v) is 7.43. The Kier molecular flexibility index (Phi) is 5.35. The first-order valence-electron chi connectivity index (χ1n) is 5.59. The Labute approximate surface area is 108 Å². The zero-order valence-electron chi connectivity index (χ0n) is 10.3. The largest absolute Gasteiger partial charge is 0.299 e. The number of aryl methyl sites for hydroxylation is 1. The molecule has 0 saturated heterocycles. The van der Waals surface area contributed by atoms with Crippen LogP contribution >= 0.6 is 0 Å². The van der Waals surface area contributed by atoms with Gasteiger partial charge in [-0.2, -0.15) is 8.42 Å². The van der Waals surface area contributed by atoms with Gasteiger partial charge in [0.1, 0.15) is 0 Å². The Morgan fingerprint density at radius 2 is 2.11 bits per heavy atom. The molecule has 0 spiro atoms. The average Bonchev–Trinajstić information content (AvgIpc) is 2.67. The Hall–Kier alpha value is -1.35. The molecule has 0 heterocycles. The minimum Gasteiger partial charge on any atom is -0.299 e. The van der Waals surface area contributed by atoms with Gasteiger partial charge < -0.3 is 0 Å². The van der Waals surface area contributed by atoms with Gasteiger partial charge >= 0.3 is 0 Å². The molecule has 1 aliphatic rings. The lowest BCUT2D eigenvalue weighted by atomic mass is 10.1. The third kappa shape index (κ3) is 5.32. The minimum atomic E-state index is -3.67. The standard InChI is InChI=1S/C12H13N.CH4O3S/c1-2-9-13-12-8-7-10-5-3-4-6-11(10)12;1-5(2,3)4/h1,3-6,12-13H,7-9H2;1H3,(H,2,3,4)/t12-;/m0./s1/i1+1,2+1,9+1;. The van der Waals surface area contributed by atoms with Gasteiger partial charge in [0.2, 0.25) is 0 Å².